The van der Waals surface area contributed by atoms with E-state index in [1.165, 1.54) is 70.9 Å². The molecule has 1 unspecified atom stereocenters. The molecule has 3 heteroatoms. The summed E-state index contributed by atoms with van der Waals surface area (Å²) >= 11 is 0. The molecule has 0 radical (unpaired) electrons. The monoisotopic (exact) mass is 725 g/mol. The Kier molecular flexibility index (Phi) is 7.05. The minimum Gasteiger partial charge on any atom is -0.298 e. The van der Waals surface area contributed by atoms with Gasteiger partial charge in [0.25, 0.3) is 0 Å². The Bertz CT molecular complexity index is 3500. The maximum absolute atomic E-state index is 5.33. The first-order valence-electron chi connectivity index (χ1n) is 19.8. The van der Waals surface area contributed by atoms with E-state index in [1.807, 2.05) is 6.07 Å². The molecule has 3 nitrogen and oxygen atoms in total. The zero-order chi connectivity index (χ0) is 37.5. The van der Waals surface area contributed by atoms with Crippen LogP contribution < -0.4 is 0 Å². The summed E-state index contributed by atoms with van der Waals surface area (Å²) < 4.78 is 2.19. The summed E-state index contributed by atoms with van der Waals surface area (Å²) in [5.41, 5.74) is 12.4. The number of aromatic nitrogens is 3. The van der Waals surface area contributed by atoms with Crippen molar-refractivity contribution in [1.82, 2.24) is 14.4 Å². The molecule has 57 heavy (non-hydrogen) atoms. The molecule has 266 valence electrons. The summed E-state index contributed by atoms with van der Waals surface area (Å²) in [5, 5.41) is 11.1. The first-order chi connectivity index (χ1) is 28.3. The molecule has 1 atom stereocenters. The van der Waals surface area contributed by atoms with Gasteiger partial charge in [0.1, 0.15) is 11.2 Å². The predicted molar refractivity (Wildman–Crippen MR) is 240 cm³/mol. The molecule has 1 aliphatic carbocycles. The Balaban J connectivity index is 1.13. The highest BCUT2D eigenvalue weighted by atomic mass is 15.0. The summed E-state index contributed by atoms with van der Waals surface area (Å²) in [5.74, 6) is 0.157. The summed E-state index contributed by atoms with van der Waals surface area (Å²) in [7, 11) is 0. The van der Waals surface area contributed by atoms with E-state index in [-0.39, 0.29) is 5.92 Å². The average Bonchev–Trinajstić information content (AvgIpc) is 3.68. The zero-order valence-corrected chi connectivity index (χ0v) is 31.1. The number of benzene rings is 8. The van der Waals surface area contributed by atoms with Crippen molar-refractivity contribution < 1.29 is 0 Å². The van der Waals surface area contributed by atoms with Crippen molar-refractivity contribution in [3.63, 3.8) is 0 Å². The first-order valence-corrected chi connectivity index (χ1v) is 19.8. The van der Waals surface area contributed by atoms with E-state index >= 15 is 0 Å². The minimum absolute atomic E-state index is 0.157. The average molecular weight is 726 g/mol. The molecule has 0 aliphatic heterocycles. The molecule has 1 aliphatic rings. The van der Waals surface area contributed by atoms with Crippen LogP contribution in [-0.2, 0) is 0 Å². The fourth-order valence-electron chi connectivity index (χ4n) is 9.52. The number of hydrogen-bond donors (Lipinski definition) is 0. The summed E-state index contributed by atoms with van der Waals surface area (Å²) in [4.78, 5) is 10.5. The number of imidazole rings is 1. The number of rotatable bonds is 4. The van der Waals surface area contributed by atoms with Crippen LogP contribution >= 0.6 is 0 Å². The molecule has 3 aromatic heterocycles. The zero-order valence-electron chi connectivity index (χ0n) is 31.1. The first kappa shape index (κ1) is 31.9. The SMILES string of the molecule is C1=CC(c2nc3ccccc3c3nc4ccccn4c23)=CC(c2ccc3c(-c4cccc5ccccc45)c4ccccc4c(-c4cccc5ccccc45)c3c2)C1. The molecule has 8 aromatic carbocycles. The Morgan fingerprint density at radius 2 is 1.09 bits per heavy atom. The Morgan fingerprint density at radius 3 is 1.82 bits per heavy atom. The van der Waals surface area contributed by atoms with Crippen LogP contribution in [0.4, 0.5) is 0 Å². The molecular weight excluding hydrogens is 691 g/mol. The van der Waals surface area contributed by atoms with Gasteiger partial charge in [0.05, 0.1) is 16.7 Å². The number of para-hydroxylation sites is 1. The maximum atomic E-state index is 5.33. The number of allylic oxidation sites excluding steroid dienone is 4. The second-order valence-corrected chi connectivity index (χ2v) is 15.2. The van der Waals surface area contributed by atoms with Gasteiger partial charge in [0, 0.05) is 17.5 Å². The predicted octanol–water partition coefficient (Wildman–Crippen LogP) is 14.1. The third kappa shape index (κ3) is 4.92. The highest BCUT2D eigenvalue weighted by Crippen LogP contribution is 2.48. The van der Waals surface area contributed by atoms with Crippen LogP contribution in [0.2, 0.25) is 0 Å². The molecule has 0 N–H and O–H groups in total. The highest BCUT2D eigenvalue weighted by molar-refractivity contribution is 6.25. The van der Waals surface area contributed by atoms with Gasteiger partial charge in [-0.1, -0.05) is 164 Å². The topological polar surface area (TPSA) is 30.2 Å². The number of pyridine rings is 2. The summed E-state index contributed by atoms with van der Waals surface area (Å²) in [6.45, 7) is 0. The normalized spacial score (nSPS) is 14.5. The Morgan fingerprint density at radius 1 is 0.491 bits per heavy atom. The Hall–Kier alpha value is -7.36. The van der Waals surface area contributed by atoms with Crippen LogP contribution in [0, 0.1) is 0 Å². The van der Waals surface area contributed by atoms with Crippen molar-refractivity contribution in [2.24, 2.45) is 0 Å². The Labute approximate surface area is 329 Å². The van der Waals surface area contributed by atoms with Gasteiger partial charge in [0.2, 0.25) is 0 Å². The van der Waals surface area contributed by atoms with Gasteiger partial charge in [0.15, 0.2) is 0 Å². The van der Waals surface area contributed by atoms with Gasteiger partial charge in [-0.2, -0.15) is 0 Å². The van der Waals surface area contributed by atoms with E-state index < -0.39 is 0 Å². The van der Waals surface area contributed by atoms with Crippen LogP contribution in [0.25, 0.3) is 98.5 Å². The van der Waals surface area contributed by atoms with Crippen molar-refractivity contribution in [3.8, 4) is 22.3 Å². The van der Waals surface area contributed by atoms with Crippen LogP contribution in [0.1, 0.15) is 23.6 Å². The second kappa shape index (κ2) is 12.6. The molecule has 0 saturated carbocycles. The minimum atomic E-state index is 0.157. The molecule has 11 aromatic rings. The van der Waals surface area contributed by atoms with Crippen LogP contribution in [0.15, 0.2) is 194 Å². The van der Waals surface area contributed by atoms with Crippen molar-refractivity contribution in [2.75, 3.05) is 0 Å². The fourth-order valence-corrected chi connectivity index (χ4v) is 9.52. The fraction of sp³-hybridized carbons (Fsp3) is 0.0370. The van der Waals surface area contributed by atoms with E-state index in [2.05, 4.69) is 193 Å². The summed E-state index contributed by atoms with van der Waals surface area (Å²) in [6.07, 6.45) is 10.0. The van der Waals surface area contributed by atoms with E-state index in [9.17, 15) is 0 Å². The molecule has 12 rings (SSSR count). The van der Waals surface area contributed by atoms with Crippen LogP contribution in [0.5, 0.6) is 0 Å². The lowest BCUT2D eigenvalue weighted by Crippen LogP contribution is -2.02. The molecule has 0 saturated heterocycles. The van der Waals surface area contributed by atoms with Crippen molar-refractivity contribution in [1.29, 1.82) is 0 Å². The highest BCUT2D eigenvalue weighted by Gasteiger charge is 2.23. The molecular formula is C54H35N3. The lowest BCUT2D eigenvalue weighted by Gasteiger charge is -2.22. The second-order valence-electron chi connectivity index (χ2n) is 15.2. The molecule has 0 spiro atoms. The quantitative estimate of drug-likeness (QED) is 0.169. The lowest BCUT2D eigenvalue weighted by molar-refractivity contribution is 0.858. The van der Waals surface area contributed by atoms with Gasteiger partial charge in [-0.3, -0.25) is 4.40 Å². The summed E-state index contributed by atoms with van der Waals surface area (Å²) in [6, 6.07) is 61.8. The largest absolute Gasteiger partial charge is 0.298 e. The third-order valence-corrected chi connectivity index (χ3v) is 12.1. The van der Waals surface area contributed by atoms with Gasteiger partial charge in [-0.05, 0) is 107 Å². The number of fused-ring (bicyclic) bond motifs is 9. The van der Waals surface area contributed by atoms with Crippen LogP contribution in [-0.4, -0.2) is 14.4 Å². The van der Waals surface area contributed by atoms with Gasteiger partial charge < -0.3 is 0 Å². The molecule has 3 heterocycles. The van der Waals surface area contributed by atoms with E-state index in [1.54, 1.807) is 0 Å². The standard InChI is InChI=1S/C54H35N3/c1-3-20-39-34(14-1)16-12-25-41(39)50-43-22-5-6-23-44(43)51(42-26-13-17-35-15-2-4-21-40(35)42)47-33-37(29-30-45(47)50)36-18-11-19-38(32-36)52-54-53(46-24-7-8-27-48(46)55-52)56-49-28-9-10-31-57(49)54/h1-17,19-33,36H,18H2. The third-order valence-electron chi connectivity index (χ3n) is 12.1. The van der Waals surface area contributed by atoms with Crippen molar-refractivity contribution in [3.05, 3.63) is 206 Å². The maximum Gasteiger partial charge on any atom is 0.137 e. The van der Waals surface area contributed by atoms with E-state index in [4.69, 9.17) is 9.97 Å². The lowest BCUT2D eigenvalue weighted by atomic mass is 9.81. The molecule has 0 amide bonds. The van der Waals surface area contributed by atoms with Crippen molar-refractivity contribution >= 4 is 76.2 Å². The van der Waals surface area contributed by atoms with E-state index in [0.717, 1.165) is 45.3 Å². The van der Waals surface area contributed by atoms with Gasteiger partial charge >= 0.3 is 0 Å². The van der Waals surface area contributed by atoms with Crippen molar-refractivity contribution in [2.45, 2.75) is 12.3 Å². The number of hydrogen-bond acceptors (Lipinski definition) is 2. The van der Waals surface area contributed by atoms with E-state index in [0.29, 0.717) is 0 Å². The molecule has 0 fully saturated rings. The smallest absolute Gasteiger partial charge is 0.137 e. The van der Waals surface area contributed by atoms with Gasteiger partial charge in [-0.25, -0.2) is 9.97 Å². The number of nitrogens with zero attached hydrogens (tertiary/aromatic N) is 3. The molecule has 0 bridgehead atoms. The van der Waals surface area contributed by atoms with Crippen LogP contribution in [0.3, 0.4) is 0 Å². The van der Waals surface area contributed by atoms with Gasteiger partial charge in [-0.15, -0.1) is 0 Å².